The van der Waals surface area contributed by atoms with Crippen LogP contribution >= 0.6 is 7.60 Å². The quantitative estimate of drug-likeness (QED) is 0.130. The lowest BCUT2D eigenvalue weighted by atomic mass is 10.1. The van der Waals surface area contributed by atoms with E-state index in [1.165, 1.54) is 69.8 Å². The molecule has 0 heterocycles. The summed E-state index contributed by atoms with van der Waals surface area (Å²) in [6.07, 6.45) is 20.1. The number of rotatable bonds is 22. The molecule has 0 N–H and O–H groups in total. The van der Waals surface area contributed by atoms with Gasteiger partial charge in [-0.05, 0) is 31.2 Å². The van der Waals surface area contributed by atoms with Gasteiger partial charge in [0.15, 0.2) is 0 Å². The summed E-state index contributed by atoms with van der Waals surface area (Å²) >= 11 is 0. The first-order chi connectivity index (χ1) is 15.2. The molecule has 1 atom stereocenters. The molecule has 0 saturated heterocycles. The van der Waals surface area contributed by atoms with Crippen LogP contribution in [-0.2, 0) is 20.0 Å². The number of hydrogen-bond donors (Lipinski definition) is 0. The SMILES string of the molecule is CCCCCCCCCCCCCCOP(=O)(CCCC)OCCCc1ccccc1. The molecule has 0 aliphatic rings. The second-order valence-electron chi connectivity index (χ2n) is 8.83. The predicted molar refractivity (Wildman–Crippen MR) is 135 cm³/mol. The Morgan fingerprint density at radius 2 is 1.10 bits per heavy atom. The molecule has 0 radical (unpaired) electrons. The average molecular weight is 453 g/mol. The maximum Gasteiger partial charge on any atom is 0.330 e. The Kier molecular flexibility index (Phi) is 18.3. The molecule has 4 heteroatoms. The summed E-state index contributed by atoms with van der Waals surface area (Å²) in [5, 5.41) is 0. The third kappa shape index (κ3) is 16.6. The van der Waals surface area contributed by atoms with Crippen molar-refractivity contribution in [2.24, 2.45) is 0 Å². The van der Waals surface area contributed by atoms with E-state index in [1.54, 1.807) is 0 Å². The highest BCUT2D eigenvalue weighted by Gasteiger charge is 2.23. The monoisotopic (exact) mass is 452 g/mol. The Hall–Kier alpha value is -0.630. The Labute approximate surface area is 193 Å². The molecule has 0 aromatic heterocycles. The standard InChI is InChI=1S/C27H49O3P/c1-3-5-7-8-9-10-11-12-13-14-15-19-24-29-31(28,26-6-4-2)30-25-20-23-27-21-17-16-18-22-27/h16-18,21-22H,3-15,19-20,23-26H2,1-2H3. The molecule has 31 heavy (non-hydrogen) atoms. The molecular formula is C27H49O3P. The van der Waals surface area contributed by atoms with Crippen LogP contribution in [-0.4, -0.2) is 19.4 Å². The van der Waals surface area contributed by atoms with Crippen LogP contribution in [0.2, 0.25) is 0 Å². The first kappa shape index (κ1) is 28.4. The van der Waals surface area contributed by atoms with E-state index in [2.05, 4.69) is 38.1 Å². The molecule has 0 spiro atoms. The van der Waals surface area contributed by atoms with Gasteiger partial charge in [0.25, 0.3) is 0 Å². The number of hydrogen-bond acceptors (Lipinski definition) is 3. The number of benzene rings is 1. The Balaban J connectivity index is 2.06. The molecule has 1 unspecified atom stereocenters. The topological polar surface area (TPSA) is 35.5 Å². The van der Waals surface area contributed by atoms with E-state index in [4.69, 9.17) is 9.05 Å². The van der Waals surface area contributed by atoms with Gasteiger partial charge in [-0.15, -0.1) is 0 Å². The minimum absolute atomic E-state index is 0.508. The van der Waals surface area contributed by atoms with Crippen molar-refractivity contribution in [2.45, 2.75) is 117 Å². The fourth-order valence-electron chi connectivity index (χ4n) is 3.79. The molecule has 1 aromatic rings. The molecular weight excluding hydrogens is 403 g/mol. The third-order valence-corrected chi connectivity index (χ3v) is 7.83. The van der Waals surface area contributed by atoms with Crippen molar-refractivity contribution in [1.82, 2.24) is 0 Å². The fourth-order valence-corrected chi connectivity index (χ4v) is 5.64. The summed E-state index contributed by atoms with van der Waals surface area (Å²) in [6.45, 7) is 5.46. The van der Waals surface area contributed by atoms with Crippen LogP contribution in [0.1, 0.15) is 116 Å². The van der Waals surface area contributed by atoms with Crippen molar-refractivity contribution in [3.63, 3.8) is 0 Å². The lowest BCUT2D eigenvalue weighted by Crippen LogP contribution is -2.04. The average Bonchev–Trinajstić information content (AvgIpc) is 2.79. The predicted octanol–water partition coefficient (Wildman–Crippen LogP) is 9.35. The first-order valence-electron chi connectivity index (χ1n) is 13.1. The van der Waals surface area contributed by atoms with Crippen LogP contribution in [0.15, 0.2) is 30.3 Å². The molecule has 0 saturated carbocycles. The van der Waals surface area contributed by atoms with Gasteiger partial charge in [0.2, 0.25) is 0 Å². The van der Waals surface area contributed by atoms with Crippen molar-refractivity contribution in [3.8, 4) is 0 Å². The Morgan fingerprint density at radius 1 is 0.613 bits per heavy atom. The van der Waals surface area contributed by atoms with Crippen molar-refractivity contribution in [2.75, 3.05) is 19.4 Å². The minimum Gasteiger partial charge on any atom is -0.309 e. The molecule has 0 aliphatic heterocycles. The summed E-state index contributed by atoms with van der Waals surface area (Å²) in [7, 11) is -2.94. The van der Waals surface area contributed by atoms with Crippen LogP contribution < -0.4 is 0 Å². The van der Waals surface area contributed by atoms with E-state index in [-0.39, 0.29) is 0 Å². The second-order valence-corrected chi connectivity index (χ2v) is 11.0. The zero-order valence-electron chi connectivity index (χ0n) is 20.5. The third-order valence-electron chi connectivity index (χ3n) is 5.81. The largest absolute Gasteiger partial charge is 0.330 e. The van der Waals surface area contributed by atoms with E-state index in [9.17, 15) is 4.57 Å². The second kappa shape index (κ2) is 20.0. The zero-order chi connectivity index (χ0) is 22.5. The molecule has 180 valence electrons. The molecule has 1 rings (SSSR count). The number of unbranched alkanes of at least 4 members (excludes halogenated alkanes) is 12. The van der Waals surface area contributed by atoms with Gasteiger partial charge in [-0.1, -0.05) is 121 Å². The van der Waals surface area contributed by atoms with Crippen LogP contribution in [0.25, 0.3) is 0 Å². The highest BCUT2D eigenvalue weighted by atomic mass is 31.2. The van der Waals surface area contributed by atoms with E-state index in [1.807, 2.05) is 6.07 Å². The molecule has 0 amide bonds. The van der Waals surface area contributed by atoms with Crippen molar-refractivity contribution < 1.29 is 13.6 Å². The van der Waals surface area contributed by atoms with E-state index in [0.717, 1.165) is 38.5 Å². The van der Waals surface area contributed by atoms with Crippen LogP contribution in [0.3, 0.4) is 0 Å². The Bertz CT molecular complexity index is 547. The molecule has 0 bridgehead atoms. The van der Waals surface area contributed by atoms with E-state index >= 15 is 0 Å². The summed E-state index contributed by atoms with van der Waals surface area (Å²) in [5.41, 5.74) is 1.30. The molecule has 1 aromatic carbocycles. The summed E-state index contributed by atoms with van der Waals surface area (Å²) in [6, 6.07) is 10.4. The lowest BCUT2D eigenvalue weighted by Gasteiger charge is -2.18. The van der Waals surface area contributed by atoms with Gasteiger partial charge in [0.05, 0.1) is 19.4 Å². The molecule has 0 aliphatic carbocycles. The molecule has 3 nitrogen and oxygen atoms in total. The van der Waals surface area contributed by atoms with Crippen molar-refractivity contribution in [1.29, 1.82) is 0 Å². The van der Waals surface area contributed by atoms with Gasteiger partial charge in [0.1, 0.15) is 0 Å². The van der Waals surface area contributed by atoms with Gasteiger partial charge in [-0.3, -0.25) is 4.57 Å². The highest BCUT2D eigenvalue weighted by molar-refractivity contribution is 7.53. The van der Waals surface area contributed by atoms with E-state index < -0.39 is 7.60 Å². The normalized spacial score (nSPS) is 13.4. The molecule has 0 fully saturated rings. The minimum atomic E-state index is -2.94. The maximum absolute atomic E-state index is 13.0. The van der Waals surface area contributed by atoms with Crippen LogP contribution in [0, 0.1) is 0 Å². The highest BCUT2D eigenvalue weighted by Crippen LogP contribution is 2.49. The van der Waals surface area contributed by atoms with Crippen molar-refractivity contribution in [3.05, 3.63) is 35.9 Å². The van der Waals surface area contributed by atoms with E-state index in [0.29, 0.717) is 19.4 Å². The van der Waals surface area contributed by atoms with Gasteiger partial charge >= 0.3 is 7.60 Å². The Morgan fingerprint density at radius 3 is 1.65 bits per heavy atom. The summed E-state index contributed by atoms with van der Waals surface area (Å²) < 4.78 is 24.6. The van der Waals surface area contributed by atoms with Gasteiger partial charge in [0, 0.05) is 0 Å². The lowest BCUT2D eigenvalue weighted by molar-refractivity contribution is 0.198. The summed E-state index contributed by atoms with van der Waals surface area (Å²) in [5.74, 6) is 0. The van der Waals surface area contributed by atoms with Gasteiger partial charge < -0.3 is 9.05 Å². The smallest absolute Gasteiger partial charge is 0.309 e. The summed E-state index contributed by atoms with van der Waals surface area (Å²) in [4.78, 5) is 0. The van der Waals surface area contributed by atoms with Crippen LogP contribution in [0.4, 0.5) is 0 Å². The maximum atomic E-state index is 13.0. The zero-order valence-corrected chi connectivity index (χ0v) is 21.4. The van der Waals surface area contributed by atoms with Gasteiger partial charge in [-0.25, -0.2) is 0 Å². The fraction of sp³-hybridized carbons (Fsp3) is 0.778. The van der Waals surface area contributed by atoms with Crippen molar-refractivity contribution >= 4 is 7.60 Å². The van der Waals surface area contributed by atoms with Crippen LogP contribution in [0.5, 0.6) is 0 Å². The van der Waals surface area contributed by atoms with Gasteiger partial charge in [-0.2, -0.15) is 0 Å². The number of aryl methyl sites for hydroxylation is 1. The first-order valence-corrected chi connectivity index (χ1v) is 14.8.